The minimum atomic E-state index is -0.252. The SMILES string of the molecule is CCCCCC(CCCCC)c1ccc(F)c(OC(C)C)c1. The summed E-state index contributed by atoms with van der Waals surface area (Å²) in [5.41, 5.74) is 1.24. The van der Waals surface area contributed by atoms with Crippen LogP contribution in [0.2, 0.25) is 0 Å². The van der Waals surface area contributed by atoms with Gasteiger partial charge in [0.05, 0.1) is 6.10 Å². The van der Waals surface area contributed by atoms with Gasteiger partial charge >= 0.3 is 0 Å². The molecule has 0 aliphatic carbocycles. The zero-order chi connectivity index (χ0) is 16.4. The zero-order valence-corrected chi connectivity index (χ0v) is 14.8. The Labute approximate surface area is 136 Å². The predicted molar refractivity (Wildman–Crippen MR) is 93.2 cm³/mol. The van der Waals surface area contributed by atoms with Crippen LogP contribution in [0.5, 0.6) is 5.75 Å². The van der Waals surface area contributed by atoms with E-state index in [0.717, 1.165) is 0 Å². The highest BCUT2D eigenvalue weighted by molar-refractivity contribution is 5.32. The Kier molecular flexibility index (Phi) is 9.19. The number of unbranched alkanes of at least 4 members (excludes halogenated alkanes) is 4. The molecule has 1 aromatic carbocycles. The molecule has 0 unspecified atom stereocenters. The standard InChI is InChI=1S/C20H33FO/c1-5-7-9-11-17(12-10-8-6-2)18-13-14-19(21)20(15-18)22-16(3)4/h13-17H,5-12H2,1-4H3. The number of hydrogen-bond donors (Lipinski definition) is 0. The van der Waals surface area contributed by atoms with E-state index in [-0.39, 0.29) is 11.9 Å². The normalized spacial score (nSPS) is 11.4. The second-order valence-electron chi connectivity index (χ2n) is 6.54. The van der Waals surface area contributed by atoms with Crippen molar-refractivity contribution in [3.05, 3.63) is 29.6 Å². The lowest BCUT2D eigenvalue weighted by atomic mass is 9.88. The molecule has 0 N–H and O–H groups in total. The van der Waals surface area contributed by atoms with E-state index in [0.29, 0.717) is 11.7 Å². The van der Waals surface area contributed by atoms with E-state index < -0.39 is 0 Å². The third kappa shape index (κ3) is 6.81. The summed E-state index contributed by atoms with van der Waals surface area (Å²) in [6.45, 7) is 8.34. The molecule has 1 nitrogen and oxygen atoms in total. The predicted octanol–water partition coefficient (Wildman–Crippen LogP) is 6.86. The summed E-state index contributed by atoms with van der Waals surface area (Å²) in [6, 6.07) is 5.45. The van der Waals surface area contributed by atoms with E-state index in [1.807, 2.05) is 26.0 Å². The summed E-state index contributed by atoms with van der Waals surface area (Å²) < 4.78 is 19.5. The quantitative estimate of drug-likeness (QED) is 0.406. The van der Waals surface area contributed by atoms with Crippen molar-refractivity contribution in [1.82, 2.24) is 0 Å². The van der Waals surface area contributed by atoms with Crippen LogP contribution >= 0.6 is 0 Å². The number of ether oxygens (including phenoxy) is 1. The van der Waals surface area contributed by atoms with Gasteiger partial charge in [-0.3, -0.25) is 0 Å². The highest BCUT2D eigenvalue weighted by Gasteiger charge is 2.14. The van der Waals surface area contributed by atoms with E-state index in [2.05, 4.69) is 13.8 Å². The van der Waals surface area contributed by atoms with Crippen LogP contribution in [0.4, 0.5) is 4.39 Å². The van der Waals surface area contributed by atoms with Crippen LogP contribution in [-0.2, 0) is 0 Å². The van der Waals surface area contributed by atoms with Gasteiger partial charge in [-0.25, -0.2) is 4.39 Å². The van der Waals surface area contributed by atoms with Crippen molar-refractivity contribution in [3.63, 3.8) is 0 Å². The van der Waals surface area contributed by atoms with E-state index in [9.17, 15) is 4.39 Å². The highest BCUT2D eigenvalue weighted by Crippen LogP contribution is 2.32. The van der Waals surface area contributed by atoms with Gasteiger partial charge in [0.15, 0.2) is 11.6 Å². The Bertz CT molecular complexity index is 404. The largest absolute Gasteiger partial charge is 0.488 e. The molecule has 1 rings (SSSR count). The molecular weight excluding hydrogens is 275 g/mol. The van der Waals surface area contributed by atoms with Crippen LogP contribution in [0.15, 0.2) is 18.2 Å². The molecule has 0 aliphatic heterocycles. The Morgan fingerprint density at radius 1 is 0.955 bits per heavy atom. The number of rotatable bonds is 11. The van der Waals surface area contributed by atoms with Gasteiger partial charge in [-0.15, -0.1) is 0 Å². The van der Waals surface area contributed by atoms with Crippen molar-refractivity contribution in [2.75, 3.05) is 0 Å². The Balaban J connectivity index is 2.81. The Morgan fingerprint density at radius 2 is 1.55 bits per heavy atom. The average Bonchev–Trinajstić information content (AvgIpc) is 2.48. The average molecular weight is 308 g/mol. The van der Waals surface area contributed by atoms with E-state index in [1.165, 1.54) is 56.9 Å². The van der Waals surface area contributed by atoms with Crippen molar-refractivity contribution in [2.45, 2.75) is 91.1 Å². The van der Waals surface area contributed by atoms with Gasteiger partial charge in [0.1, 0.15) is 0 Å². The third-order valence-corrected chi connectivity index (χ3v) is 4.10. The molecule has 1 aromatic rings. The molecular formula is C20H33FO. The zero-order valence-electron chi connectivity index (χ0n) is 14.8. The van der Waals surface area contributed by atoms with Crippen molar-refractivity contribution in [3.8, 4) is 5.75 Å². The van der Waals surface area contributed by atoms with Crippen LogP contribution < -0.4 is 4.74 Å². The molecule has 0 aromatic heterocycles. The monoisotopic (exact) mass is 308 g/mol. The summed E-state index contributed by atoms with van der Waals surface area (Å²) >= 11 is 0. The van der Waals surface area contributed by atoms with Crippen LogP contribution in [0.3, 0.4) is 0 Å². The van der Waals surface area contributed by atoms with Gasteiger partial charge in [-0.1, -0.05) is 58.4 Å². The fourth-order valence-corrected chi connectivity index (χ4v) is 2.88. The Morgan fingerprint density at radius 3 is 2.05 bits per heavy atom. The summed E-state index contributed by atoms with van der Waals surface area (Å²) in [4.78, 5) is 0. The molecule has 0 saturated carbocycles. The van der Waals surface area contributed by atoms with Crippen LogP contribution in [-0.4, -0.2) is 6.10 Å². The van der Waals surface area contributed by atoms with E-state index in [4.69, 9.17) is 4.74 Å². The first-order chi connectivity index (χ1) is 10.6. The van der Waals surface area contributed by atoms with Gasteiger partial charge < -0.3 is 4.74 Å². The van der Waals surface area contributed by atoms with Gasteiger partial charge in [0.25, 0.3) is 0 Å². The third-order valence-electron chi connectivity index (χ3n) is 4.10. The van der Waals surface area contributed by atoms with Crippen LogP contribution in [0.1, 0.15) is 90.5 Å². The maximum absolute atomic E-state index is 13.9. The first-order valence-corrected chi connectivity index (χ1v) is 9.04. The van der Waals surface area contributed by atoms with E-state index >= 15 is 0 Å². The minimum Gasteiger partial charge on any atom is -0.488 e. The van der Waals surface area contributed by atoms with Crippen molar-refractivity contribution in [1.29, 1.82) is 0 Å². The fraction of sp³-hybridized carbons (Fsp3) is 0.700. The lowest BCUT2D eigenvalue weighted by Gasteiger charge is -2.19. The van der Waals surface area contributed by atoms with Gasteiger partial charge in [-0.05, 0) is 50.3 Å². The summed E-state index contributed by atoms with van der Waals surface area (Å²) in [5.74, 6) is 0.690. The van der Waals surface area contributed by atoms with Crippen molar-refractivity contribution < 1.29 is 9.13 Å². The molecule has 0 radical (unpaired) electrons. The summed E-state index contributed by atoms with van der Waals surface area (Å²) in [5, 5.41) is 0. The summed E-state index contributed by atoms with van der Waals surface area (Å²) in [6.07, 6.45) is 9.95. The molecule has 0 atom stereocenters. The smallest absolute Gasteiger partial charge is 0.165 e. The number of benzene rings is 1. The maximum atomic E-state index is 13.9. The molecule has 0 aliphatic rings. The highest BCUT2D eigenvalue weighted by atomic mass is 19.1. The maximum Gasteiger partial charge on any atom is 0.165 e. The molecule has 0 bridgehead atoms. The molecule has 0 fully saturated rings. The molecule has 0 heterocycles. The minimum absolute atomic E-state index is 0.00313. The first-order valence-electron chi connectivity index (χ1n) is 9.04. The molecule has 126 valence electrons. The van der Waals surface area contributed by atoms with E-state index in [1.54, 1.807) is 6.07 Å². The van der Waals surface area contributed by atoms with Gasteiger partial charge in [0.2, 0.25) is 0 Å². The molecule has 0 saturated heterocycles. The van der Waals surface area contributed by atoms with Crippen molar-refractivity contribution >= 4 is 0 Å². The second-order valence-corrected chi connectivity index (χ2v) is 6.54. The van der Waals surface area contributed by atoms with Crippen molar-refractivity contribution in [2.24, 2.45) is 0 Å². The number of halogens is 1. The molecule has 22 heavy (non-hydrogen) atoms. The summed E-state index contributed by atoms with van der Waals surface area (Å²) in [7, 11) is 0. The number of hydrogen-bond acceptors (Lipinski definition) is 1. The Hall–Kier alpha value is -1.05. The molecule has 0 amide bonds. The first kappa shape index (κ1) is 19.0. The molecule has 2 heteroatoms. The van der Waals surface area contributed by atoms with Crippen LogP contribution in [0, 0.1) is 5.82 Å². The molecule has 0 spiro atoms. The fourth-order valence-electron chi connectivity index (χ4n) is 2.88. The lowest BCUT2D eigenvalue weighted by Crippen LogP contribution is -2.08. The van der Waals surface area contributed by atoms with Crippen LogP contribution in [0.25, 0.3) is 0 Å². The topological polar surface area (TPSA) is 9.23 Å². The lowest BCUT2D eigenvalue weighted by molar-refractivity contribution is 0.230. The second kappa shape index (κ2) is 10.6. The van der Waals surface area contributed by atoms with Gasteiger partial charge in [-0.2, -0.15) is 0 Å². The van der Waals surface area contributed by atoms with Gasteiger partial charge in [0, 0.05) is 0 Å².